The first kappa shape index (κ1) is 16.0. The van der Waals surface area contributed by atoms with Crippen LogP contribution in [0.2, 0.25) is 0 Å². The van der Waals surface area contributed by atoms with Crippen LogP contribution in [0.1, 0.15) is 73.1 Å². The van der Waals surface area contributed by atoms with Crippen molar-refractivity contribution < 1.29 is 0 Å². The number of hydrogen-bond donors (Lipinski definition) is 1. The molecule has 0 aliphatic rings. The van der Waals surface area contributed by atoms with Crippen LogP contribution in [0.5, 0.6) is 0 Å². The van der Waals surface area contributed by atoms with Crippen molar-refractivity contribution in [3.05, 3.63) is 0 Å². The molecule has 0 radical (unpaired) electrons. The minimum absolute atomic E-state index is 0.731. The molecule has 1 unspecified atom stereocenters. The van der Waals surface area contributed by atoms with Crippen molar-refractivity contribution in [3.63, 3.8) is 0 Å². The first-order valence-corrected chi connectivity index (χ1v) is 7.38. The molecule has 1 nitrogen and oxygen atoms in total. The molecule has 1 atom stereocenters. The fraction of sp³-hybridized carbons (Fsp3) is 1.00. The molecular weight excluding hydrogens is 194 g/mol. The molecule has 0 aliphatic heterocycles. The molecule has 0 heterocycles. The third kappa shape index (κ3) is 7.27. The Balaban J connectivity index is 3.74. The van der Waals surface area contributed by atoms with E-state index < -0.39 is 0 Å². The Morgan fingerprint density at radius 2 is 1.56 bits per heavy atom. The van der Waals surface area contributed by atoms with E-state index in [9.17, 15) is 0 Å². The van der Waals surface area contributed by atoms with Crippen molar-refractivity contribution in [3.8, 4) is 0 Å². The number of hydrogen-bond acceptors (Lipinski definition) is 1. The summed E-state index contributed by atoms with van der Waals surface area (Å²) < 4.78 is 0. The highest BCUT2D eigenvalue weighted by atomic mass is 14.9. The van der Waals surface area contributed by atoms with E-state index in [0.29, 0.717) is 0 Å². The average Bonchev–Trinajstić information content (AvgIpc) is 2.28. The van der Waals surface area contributed by atoms with Crippen molar-refractivity contribution in [1.29, 1.82) is 0 Å². The molecule has 0 aliphatic carbocycles. The molecule has 0 aromatic heterocycles. The number of nitrogens with one attached hydrogen (secondary N) is 1. The van der Waals surface area contributed by atoms with E-state index in [1.54, 1.807) is 0 Å². The fourth-order valence-corrected chi connectivity index (χ4v) is 2.32. The molecule has 1 N–H and O–H groups in total. The minimum Gasteiger partial charge on any atom is -0.314 e. The first-order chi connectivity index (χ1) is 7.65. The summed E-state index contributed by atoms with van der Waals surface area (Å²) in [6, 6.07) is 0.731. The van der Waals surface area contributed by atoms with Gasteiger partial charge in [-0.25, -0.2) is 0 Å². The molecule has 0 saturated heterocycles. The highest BCUT2D eigenvalue weighted by Gasteiger charge is 2.12. The molecule has 98 valence electrons. The predicted octanol–water partition coefficient (Wildman–Crippen LogP) is 4.62. The summed E-state index contributed by atoms with van der Waals surface area (Å²) in [7, 11) is 0. The zero-order valence-electron chi connectivity index (χ0n) is 12.2. The van der Waals surface area contributed by atoms with Gasteiger partial charge in [-0.2, -0.15) is 0 Å². The van der Waals surface area contributed by atoms with Crippen molar-refractivity contribution in [1.82, 2.24) is 5.32 Å². The van der Waals surface area contributed by atoms with Crippen LogP contribution in [0.15, 0.2) is 0 Å². The molecule has 0 spiro atoms. The molecule has 0 saturated carbocycles. The Hall–Kier alpha value is -0.0400. The van der Waals surface area contributed by atoms with E-state index in [-0.39, 0.29) is 0 Å². The first-order valence-electron chi connectivity index (χ1n) is 7.38. The van der Waals surface area contributed by atoms with Gasteiger partial charge < -0.3 is 5.32 Å². The van der Waals surface area contributed by atoms with E-state index in [1.807, 2.05) is 0 Å². The van der Waals surface area contributed by atoms with Gasteiger partial charge in [0.15, 0.2) is 0 Å². The van der Waals surface area contributed by atoms with Crippen LogP contribution >= 0.6 is 0 Å². The van der Waals surface area contributed by atoms with Gasteiger partial charge in [0.2, 0.25) is 0 Å². The zero-order chi connectivity index (χ0) is 12.4. The summed E-state index contributed by atoms with van der Waals surface area (Å²) >= 11 is 0. The van der Waals surface area contributed by atoms with Gasteiger partial charge in [-0.1, -0.05) is 60.3 Å². The van der Waals surface area contributed by atoms with Gasteiger partial charge in [-0.15, -0.1) is 0 Å². The summed E-state index contributed by atoms with van der Waals surface area (Å²) in [5.41, 5.74) is 0. The molecule has 0 fully saturated rings. The second-order valence-electron chi connectivity index (χ2n) is 5.42. The molecule has 0 aromatic carbocycles. The van der Waals surface area contributed by atoms with Gasteiger partial charge in [-0.3, -0.25) is 0 Å². The van der Waals surface area contributed by atoms with Crippen molar-refractivity contribution in [2.24, 2.45) is 11.8 Å². The van der Waals surface area contributed by atoms with Crippen molar-refractivity contribution >= 4 is 0 Å². The summed E-state index contributed by atoms with van der Waals surface area (Å²) in [5.74, 6) is 1.73. The highest BCUT2D eigenvalue weighted by Crippen LogP contribution is 2.18. The zero-order valence-corrected chi connectivity index (χ0v) is 12.2. The molecular formula is C15H33N. The number of rotatable bonds is 10. The molecule has 0 bridgehead atoms. The lowest BCUT2D eigenvalue weighted by atomic mass is 9.92. The monoisotopic (exact) mass is 227 g/mol. The molecule has 1 heteroatoms. The lowest BCUT2D eigenvalue weighted by molar-refractivity contribution is 0.345. The molecule has 16 heavy (non-hydrogen) atoms. The highest BCUT2D eigenvalue weighted by molar-refractivity contribution is 4.71. The van der Waals surface area contributed by atoms with Crippen LogP contribution in [-0.2, 0) is 0 Å². The maximum Gasteiger partial charge on any atom is 0.00900 e. The average molecular weight is 227 g/mol. The Bertz CT molecular complexity index is 138. The van der Waals surface area contributed by atoms with Gasteiger partial charge >= 0.3 is 0 Å². The molecule has 0 aromatic rings. The van der Waals surface area contributed by atoms with Gasteiger partial charge in [0.1, 0.15) is 0 Å². The van der Waals surface area contributed by atoms with Gasteiger partial charge in [-0.05, 0) is 31.2 Å². The summed E-state index contributed by atoms with van der Waals surface area (Å²) in [5, 5.41) is 3.68. The summed E-state index contributed by atoms with van der Waals surface area (Å²) in [4.78, 5) is 0. The summed E-state index contributed by atoms with van der Waals surface area (Å²) in [6.07, 6.45) is 8.12. The molecule has 0 rings (SSSR count). The molecule has 0 amide bonds. The van der Waals surface area contributed by atoms with Gasteiger partial charge in [0.05, 0.1) is 0 Å². The topological polar surface area (TPSA) is 12.0 Å². The normalized spacial score (nSPS) is 13.7. The van der Waals surface area contributed by atoms with Crippen molar-refractivity contribution in [2.45, 2.75) is 79.2 Å². The van der Waals surface area contributed by atoms with Crippen LogP contribution in [0, 0.1) is 11.8 Å². The second kappa shape index (κ2) is 10.1. The smallest absolute Gasteiger partial charge is 0.00900 e. The van der Waals surface area contributed by atoms with E-state index in [0.717, 1.165) is 17.9 Å². The Morgan fingerprint density at radius 3 is 2.00 bits per heavy atom. The Kier molecular flexibility index (Phi) is 10.1. The van der Waals surface area contributed by atoms with Crippen LogP contribution in [0.3, 0.4) is 0 Å². The second-order valence-corrected chi connectivity index (χ2v) is 5.42. The van der Waals surface area contributed by atoms with Crippen LogP contribution in [-0.4, -0.2) is 12.6 Å². The quantitative estimate of drug-likeness (QED) is 0.574. The largest absolute Gasteiger partial charge is 0.314 e. The third-order valence-electron chi connectivity index (χ3n) is 3.74. The summed E-state index contributed by atoms with van der Waals surface area (Å²) in [6.45, 7) is 12.7. The predicted molar refractivity (Wildman–Crippen MR) is 74.8 cm³/mol. The van der Waals surface area contributed by atoms with E-state index in [2.05, 4.69) is 39.9 Å². The lowest BCUT2D eigenvalue weighted by Crippen LogP contribution is -2.34. The Labute approximate surface area is 103 Å². The van der Waals surface area contributed by atoms with Gasteiger partial charge in [0.25, 0.3) is 0 Å². The standard InChI is InChI=1S/C15H33N/c1-6-12-16-15(13(4)5)11-9-10-14(7-2)8-3/h13-16H,6-12H2,1-5H3. The maximum atomic E-state index is 3.68. The lowest BCUT2D eigenvalue weighted by Gasteiger charge is -2.23. The Morgan fingerprint density at radius 1 is 0.938 bits per heavy atom. The van der Waals surface area contributed by atoms with E-state index >= 15 is 0 Å². The van der Waals surface area contributed by atoms with E-state index in [4.69, 9.17) is 0 Å². The maximum absolute atomic E-state index is 3.68. The van der Waals surface area contributed by atoms with E-state index in [1.165, 1.54) is 45.1 Å². The minimum atomic E-state index is 0.731. The van der Waals surface area contributed by atoms with Crippen LogP contribution < -0.4 is 5.32 Å². The van der Waals surface area contributed by atoms with Crippen LogP contribution in [0.4, 0.5) is 0 Å². The fourth-order valence-electron chi connectivity index (χ4n) is 2.32. The van der Waals surface area contributed by atoms with Crippen molar-refractivity contribution in [2.75, 3.05) is 6.54 Å². The van der Waals surface area contributed by atoms with Gasteiger partial charge in [0, 0.05) is 6.04 Å². The SMILES string of the molecule is CCCNC(CCCC(CC)CC)C(C)C. The third-order valence-corrected chi connectivity index (χ3v) is 3.74. The van der Waals surface area contributed by atoms with Crippen LogP contribution in [0.25, 0.3) is 0 Å².